The predicted octanol–water partition coefficient (Wildman–Crippen LogP) is 1.47. The van der Waals surface area contributed by atoms with Crippen LogP contribution in [-0.2, 0) is 11.2 Å². The number of rotatable bonds is 4. The van der Waals surface area contributed by atoms with Gasteiger partial charge in [0.05, 0.1) is 6.26 Å². The number of carbonyl (C=O) groups excluding carboxylic acids is 1. The van der Waals surface area contributed by atoms with E-state index in [1.807, 2.05) is 0 Å². The molecule has 5 heteroatoms. The fourth-order valence-corrected chi connectivity index (χ4v) is 0.918. The summed E-state index contributed by atoms with van der Waals surface area (Å²) in [7, 11) is 0. The highest BCUT2D eigenvalue weighted by atomic mass is 35.5. The molecule has 0 aromatic carbocycles. The van der Waals surface area contributed by atoms with Crippen LogP contribution in [-0.4, -0.2) is 18.1 Å². The van der Waals surface area contributed by atoms with Crippen molar-refractivity contribution in [3.8, 4) is 0 Å². The lowest BCUT2D eigenvalue weighted by atomic mass is 10.3. The Labute approximate surface area is 79.9 Å². The highest BCUT2D eigenvalue weighted by Gasteiger charge is 2.11. The third-order valence-corrected chi connectivity index (χ3v) is 1.65. The second kappa shape index (κ2) is 4.87. The van der Waals surface area contributed by atoms with Gasteiger partial charge in [-0.1, -0.05) is 11.6 Å². The van der Waals surface area contributed by atoms with Crippen LogP contribution in [0.3, 0.4) is 0 Å². The third-order valence-electron chi connectivity index (χ3n) is 1.45. The minimum absolute atomic E-state index is 0.319. The minimum Gasteiger partial charge on any atom is -0.469 e. The zero-order valence-corrected chi connectivity index (χ0v) is 7.55. The number of furan rings is 1. The van der Waals surface area contributed by atoms with Gasteiger partial charge in [-0.15, -0.1) is 0 Å². The smallest absolute Gasteiger partial charge is 0.270 e. The van der Waals surface area contributed by atoms with E-state index in [0.29, 0.717) is 13.0 Å². The molecule has 1 aromatic heterocycles. The summed E-state index contributed by atoms with van der Waals surface area (Å²) in [6, 6.07) is 3.52. The number of halogens is 2. The zero-order chi connectivity index (χ0) is 9.68. The Bertz CT molecular complexity index is 261. The molecular weight excluding hydrogens is 197 g/mol. The maximum absolute atomic E-state index is 12.1. The van der Waals surface area contributed by atoms with Crippen LogP contribution in [0.1, 0.15) is 5.76 Å². The van der Waals surface area contributed by atoms with E-state index in [-0.39, 0.29) is 0 Å². The van der Waals surface area contributed by atoms with Crippen molar-refractivity contribution in [3.63, 3.8) is 0 Å². The van der Waals surface area contributed by atoms with Crippen molar-refractivity contribution in [2.75, 3.05) is 6.54 Å². The molecule has 0 fully saturated rings. The second-order valence-electron chi connectivity index (χ2n) is 2.42. The van der Waals surface area contributed by atoms with Gasteiger partial charge in [-0.25, -0.2) is 4.39 Å². The standard InChI is InChI=1S/C8H9ClFNO2/c9-7(10)8(12)11-4-3-6-2-1-5-13-6/h1-2,5,7H,3-4H2,(H,11,12). The van der Waals surface area contributed by atoms with Gasteiger partial charge < -0.3 is 9.73 Å². The molecule has 0 radical (unpaired) electrons. The Kier molecular flexibility index (Phi) is 3.76. The van der Waals surface area contributed by atoms with Crippen molar-refractivity contribution in [2.45, 2.75) is 12.1 Å². The van der Waals surface area contributed by atoms with Crippen molar-refractivity contribution in [1.82, 2.24) is 5.32 Å². The molecule has 0 aliphatic rings. The average molecular weight is 206 g/mol. The molecule has 72 valence electrons. The van der Waals surface area contributed by atoms with Gasteiger partial charge in [0.15, 0.2) is 0 Å². The average Bonchev–Trinajstić information content (AvgIpc) is 2.56. The molecule has 0 saturated carbocycles. The van der Waals surface area contributed by atoms with Crippen LogP contribution in [0.15, 0.2) is 22.8 Å². The van der Waals surface area contributed by atoms with Crippen LogP contribution in [0.25, 0.3) is 0 Å². The lowest BCUT2D eigenvalue weighted by molar-refractivity contribution is -0.123. The second-order valence-corrected chi connectivity index (χ2v) is 2.80. The third kappa shape index (κ3) is 3.46. The van der Waals surface area contributed by atoms with Crippen molar-refractivity contribution in [2.24, 2.45) is 0 Å². The summed E-state index contributed by atoms with van der Waals surface area (Å²) in [5.74, 6) is -0.0708. The van der Waals surface area contributed by atoms with E-state index in [0.717, 1.165) is 5.76 Å². The van der Waals surface area contributed by atoms with Crippen LogP contribution in [0.2, 0.25) is 0 Å². The lowest BCUT2D eigenvalue weighted by Gasteiger charge is -2.02. The maximum Gasteiger partial charge on any atom is 0.270 e. The monoisotopic (exact) mass is 205 g/mol. The summed E-state index contributed by atoms with van der Waals surface area (Å²) in [6.45, 7) is 0.319. The maximum atomic E-state index is 12.1. The first-order valence-electron chi connectivity index (χ1n) is 3.78. The number of alkyl halides is 2. The minimum atomic E-state index is -1.98. The SMILES string of the molecule is O=C(NCCc1ccco1)C(F)Cl. The van der Waals surface area contributed by atoms with E-state index in [4.69, 9.17) is 16.0 Å². The van der Waals surface area contributed by atoms with Crippen molar-refractivity contribution in [1.29, 1.82) is 0 Å². The molecule has 13 heavy (non-hydrogen) atoms. The van der Waals surface area contributed by atoms with Gasteiger partial charge in [0.1, 0.15) is 5.76 Å². The van der Waals surface area contributed by atoms with Gasteiger partial charge in [-0.3, -0.25) is 4.79 Å². The number of amides is 1. The molecule has 1 N–H and O–H groups in total. The van der Waals surface area contributed by atoms with E-state index in [2.05, 4.69) is 5.32 Å². The summed E-state index contributed by atoms with van der Waals surface area (Å²) in [5, 5.41) is 2.31. The first kappa shape index (κ1) is 10.1. The van der Waals surface area contributed by atoms with E-state index in [9.17, 15) is 9.18 Å². The van der Waals surface area contributed by atoms with E-state index < -0.39 is 11.5 Å². The number of hydrogen-bond acceptors (Lipinski definition) is 2. The van der Waals surface area contributed by atoms with Gasteiger partial charge in [-0.2, -0.15) is 0 Å². The molecule has 1 rings (SSSR count). The van der Waals surface area contributed by atoms with Gasteiger partial charge in [0.25, 0.3) is 11.5 Å². The molecule has 1 atom stereocenters. The first-order chi connectivity index (χ1) is 6.20. The zero-order valence-electron chi connectivity index (χ0n) is 6.80. The van der Waals surface area contributed by atoms with Gasteiger partial charge in [0, 0.05) is 13.0 Å². The van der Waals surface area contributed by atoms with Crippen molar-refractivity contribution in [3.05, 3.63) is 24.2 Å². The first-order valence-corrected chi connectivity index (χ1v) is 4.22. The highest BCUT2D eigenvalue weighted by molar-refractivity contribution is 6.29. The molecule has 1 amide bonds. The molecule has 0 saturated heterocycles. The Hall–Kier alpha value is -1.03. The molecule has 1 heterocycles. The molecule has 0 aliphatic carbocycles. The Morgan fingerprint density at radius 2 is 2.54 bits per heavy atom. The molecule has 0 spiro atoms. The Balaban J connectivity index is 2.18. The van der Waals surface area contributed by atoms with Crippen LogP contribution in [0, 0.1) is 0 Å². The number of hydrogen-bond donors (Lipinski definition) is 1. The number of carbonyl (C=O) groups is 1. The summed E-state index contributed by atoms with van der Waals surface area (Å²) in [4.78, 5) is 10.6. The van der Waals surface area contributed by atoms with E-state index >= 15 is 0 Å². The quantitative estimate of drug-likeness (QED) is 0.757. The normalized spacial score (nSPS) is 12.5. The van der Waals surface area contributed by atoms with Crippen LogP contribution in [0.4, 0.5) is 4.39 Å². The number of nitrogens with one attached hydrogen (secondary N) is 1. The molecule has 3 nitrogen and oxygen atoms in total. The largest absolute Gasteiger partial charge is 0.469 e. The highest BCUT2D eigenvalue weighted by Crippen LogP contribution is 2.00. The molecular formula is C8H9ClFNO2. The van der Waals surface area contributed by atoms with E-state index in [1.54, 1.807) is 12.1 Å². The fourth-order valence-electron chi connectivity index (χ4n) is 0.841. The van der Waals surface area contributed by atoms with Gasteiger partial charge >= 0.3 is 0 Å². The van der Waals surface area contributed by atoms with Gasteiger partial charge in [0.2, 0.25) is 0 Å². The van der Waals surface area contributed by atoms with Crippen molar-refractivity contribution < 1.29 is 13.6 Å². The topological polar surface area (TPSA) is 42.2 Å². The van der Waals surface area contributed by atoms with Crippen molar-refractivity contribution >= 4 is 17.5 Å². The Morgan fingerprint density at radius 1 is 1.77 bits per heavy atom. The summed E-state index contributed by atoms with van der Waals surface area (Å²) >= 11 is 4.89. The predicted molar refractivity (Wildman–Crippen MR) is 46.2 cm³/mol. The van der Waals surface area contributed by atoms with Crippen LogP contribution in [0.5, 0.6) is 0 Å². The van der Waals surface area contributed by atoms with Crippen LogP contribution < -0.4 is 5.32 Å². The molecule has 1 aromatic rings. The Morgan fingerprint density at radius 3 is 3.08 bits per heavy atom. The molecule has 0 aliphatic heterocycles. The summed E-state index contributed by atoms with van der Waals surface area (Å²) in [5.41, 5.74) is -1.98. The molecule has 1 unspecified atom stereocenters. The molecule has 0 bridgehead atoms. The fraction of sp³-hybridized carbons (Fsp3) is 0.375. The van der Waals surface area contributed by atoms with Crippen LogP contribution >= 0.6 is 11.6 Å². The van der Waals surface area contributed by atoms with Gasteiger partial charge in [-0.05, 0) is 12.1 Å². The summed E-state index contributed by atoms with van der Waals surface area (Å²) < 4.78 is 17.1. The summed E-state index contributed by atoms with van der Waals surface area (Å²) in [6.07, 6.45) is 2.07. The lowest BCUT2D eigenvalue weighted by Crippen LogP contribution is -2.30. The van der Waals surface area contributed by atoms with E-state index in [1.165, 1.54) is 6.26 Å².